The maximum absolute atomic E-state index is 10.8. The first-order chi connectivity index (χ1) is 8.16. The first-order valence-corrected chi connectivity index (χ1v) is 6.65. The molecule has 0 radical (unpaired) electrons. The molecule has 1 aliphatic heterocycles. The van der Waals surface area contributed by atoms with Gasteiger partial charge in [0, 0.05) is 37.9 Å². The predicted octanol–water partition coefficient (Wildman–Crippen LogP) is 2.31. The lowest BCUT2D eigenvalue weighted by atomic mass is 10.00. The Morgan fingerprint density at radius 1 is 1.59 bits per heavy atom. The molecule has 1 aromatic rings. The fourth-order valence-electron chi connectivity index (χ4n) is 2.06. The van der Waals surface area contributed by atoms with Crippen LogP contribution in [-0.4, -0.2) is 37.9 Å². The molecule has 2 rings (SSSR count). The minimum absolute atomic E-state index is 0.402. The highest BCUT2D eigenvalue weighted by atomic mass is 32.1. The number of hydrogen-bond acceptors (Lipinski definition) is 4. The fourth-order valence-corrected chi connectivity index (χ4v) is 2.85. The molecule has 0 unspecified atom stereocenters. The second kappa shape index (κ2) is 5.51. The Labute approximate surface area is 105 Å². The standard InChI is InChI=1S/C12H17NO3S/c1-13(7-9-2-4-16-5-3-9)10-6-11(12(14)15)17-8-10/h6,8-9H,2-5,7H2,1H3,(H,14,15). The molecule has 0 amide bonds. The van der Waals surface area contributed by atoms with Gasteiger partial charge in [-0.15, -0.1) is 11.3 Å². The average Bonchev–Trinajstić information content (AvgIpc) is 2.79. The van der Waals surface area contributed by atoms with Crippen molar-refractivity contribution in [2.24, 2.45) is 5.92 Å². The van der Waals surface area contributed by atoms with Crippen molar-refractivity contribution in [3.63, 3.8) is 0 Å². The molecule has 0 atom stereocenters. The van der Waals surface area contributed by atoms with E-state index >= 15 is 0 Å². The summed E-state index contributed by atoms with van der Waals surface area (Å²) in [6.45, 7) is 2.67. The summed E-state index contributed by atoms with van der Waals surface area (Å²) < 4.78 is 5.33. The van der Waals surface area contributed by atoms with Gasteiger partial charge in [0.25, 0.3) is 0 Å². The lowest BCUT2D eigenvalue weighted by molar-refractivity contribution is 0.0685. The van der Waals surface area contributed by atoms with Gasteiger partial charge in [-0.3, -0.25) is 0 Å². The number of anilines is 1. The third kappa shape index (κ3) is 3.20. The Morgan fingerprint density at radius 3 is 2.88 bits per heavy atom. The van der Waals surface area contributed by atoms with E-state index in [1.54, 1.807) is 6.07 Å². The van der Waals surface area contributed by atoms with E-state index in [9.17, 15) is 4.79 Å². The van der Waals surface area contributed by atoms with Crippen molar-refractivity contribution < 1.29 is 14.6 Å². The molecule has 1 aliphatic rings. The van der Waals surface area contributed by atoms with Crippen LogP contribution in [-0.2, 0) is 4.74 Å². The highest BCUT2D eigenvalue weighted by Crippen LogP contribution is 2.25. The molecule has 0 bridgehead atoms. The van der Waals surface area contributed by atoms with E-state index in [4.69, 9.17) is 9.84 Å². The molecular weight excluding hydrogens is 238 g/mol. The van der Waals surface area contributed by atoms with Crippen LogP contribution in [0.2, 0.25) is 0 Å². The summed E-state index contributed by atoms with van der Waals surface area (Å²) >= 11 is 1.28. The van der Waals surface area contributed by atoms with Crippen LogP contribution in [0.15, 0.2) is 11.4 Å². The van der Waals surface area contributed by atoms with Gasteiger partial charge in [-0.05, 0) is 24.8 Å². The molecule has 4 nitrogen and oxygen atoms in total. The first-order valence-electron chi connectivity index (χ1n) is 5.77. The zero-order valence-corrected chi connectivity index (χ0v) is 10.7. The minimum Gasteiger partial charge on any atom is -0.477 e. The summed E-state index contributed by atoms with van der Waals surface area (Å²) in [7, 11) is 2.02. The van der Waals surface area contributed by atoms with E-state index in [2.05, 4.69) is 4.90 Å². The zero-order chi connectivity index (χ0) is 12.3. The van der Waals surface area contributed by atoms with E-state index in [1.165, 1.54) is 11.3 Å². The first kappa shape index (κ1) is 12.4. The summed E-state index contributed by atoms with van der Waals surface area (Å²) in [6, 6.07) is 1.74. The van der Waals surface area contributed by atoms with E-state index in [-0.39, 0.29) is 0 Å². The summed E-state index contributed by atoms with van der Waals surface area (Å²) in [6.07, 6.45) is 2.19. The Balaban J connectivity index is 1.93. The molecule has 0 spiro atoms. The van der Waals surface area contributed by atoms with Crippen molar-refractivity contribution in [2.75, 3.05) is 31.7 Å². The van der Waals surface area contributed by atoms with Gasteiger partial charge in [0.15, 0.2) is 0 Å². The van der Waals surface area contributed by atoms with Gasteiger partial charge < -0.3 is 14.7 Å². The summed E-state index contributed by atoms with van der Waals surface area (Å²) in [5, 5.41) is 10.8. The highest BCUT2D eigenvalue weighted by molar-refractivity contribution is 7.12. The van der Waals surface area contributed by atoms with Crippen molar-refractivity contribution >= 4 is 23.0 Å². The molecule has 2 heterocycles. The van der Waals surface area contributed by atoms with Gasteiger partial charge in [0.2, 0.25) is 0 Å². The quantitative estimate of drug-likeness (QED) is 0.897. The number of nitrogens with zero attached hydrogens (tertiary/aromatic N) is 1. The van der Waals surface area contributed by atoms with Crippen molar-refractivity contribution in [3.8, 4) is 0 Å². The number of rotatable bonds is 4. The Bertz CT molecular complexity index is 385. The molecule has 0 aromatic carbocycles. The number of thiophene rings is 1. The van der Waals surface area contributed by atoms with Gasteiger partial charge in [-0.25, -0.2) is 4.79 Å². The number of carbonyl (C=O) groups is 1. The number of carboxylic acid groups (broad SMARTS) is 1. The number of hydrogen-bond donors (Lipinski definition) is 1. The SMILES string of the molecule is CN(CC1CCOCC1)c1csc(C(=O)O)c1. The average molecular weight is 255 g/mol. The smallest absolute Gasteiger partial charge is 0.345 e. The van der Waals surface area contributed by atoms with Crippen LogP contribution < -0.4 is 4.90 Å². The third-order valence-corrected chi connectivity index (χ3v) is 4.02. The largest absolute Gasteiger partial charge is 0.477 e. The molecule has 1 N–H and O–H groups in total. The summed E-state index contributed by atoms with van der Waals surface area (Å²) in [4.78, 5) is 13.3. The lowest BCUT2D eigenvalue weighted by Crippen LogP contribution is -2.29. The highest BCUT2D eigenvalue weighted by Gasteiger charge is 2.17. The molecular formula is C12H17NO3S. The van der Waals surface area contributed by atoms with Gasteiger partial charge in [-0.2, -0.15) is 0 Å². The molecule has 0 saturated carbocycles. The summed E-state index contributed by atoms with van der Waals surface area (Å²) in [5.41, 5.74) is 0.999. The van der Waals surface area contributed by atoms with E-state index in [0.29, 0.717) is 10.8 Å². The van der Waals surface area contributed by atoms with Crippen LogP contribution in [0.4, 0.5) is 5.69 Å². The number of aromatic carboxylic acids is 1. The number of ether oxygens (including phenoxy) is 1. The monoisotopic (exact) mass is 255 g/mol. The molecule has 1 saturated heterocycles. The van der Waals surface area contributed by atoms with E-state index in [0.717, 1.165) is 38.3 Å². The van der Waals surface area contributed by atoms with Gasteiger partial charge >= 0.3 is 5.97 Å². The van der Waals surface area contributed by atoms with Crippen LogP contribution in [0.3, 0.4) is 0 Å². The Hall–Kier alpha value is -1.07. The Kier molecular flexibility index (Phi) is 4.02. The van der Waals surface area contributed by atoms with E-state index < -0.39 is 5.97 Å². The zero-order valence-electron chi connectivity index (χ0n) is 9.89. The number of carboxylic acids is 1. The molecule has 94 valence electrons. The topological polar surface area (TPSA) is 49.8 Å². The van der Waals surface area contributed by atoms with Crippen LogP contribution in [0.5, 0.6) is 0 Å². The van der Waals surface area contributed by atoms with Gasteiger partial charge in [0.05, 0.1) is 0 Å². The van der Waals surface area contributed by atoms with Crippen molar-refractivity contribution in [3.05, 3.63) is 16.3 Å². The second-order valence-electron chi connectivity index (χ2n) is 4.41. The second-order valence-corrected chi connectivity index (χ2v) is 5.32. The van der Waals surface area contributed by atoms with Crippen molar-refractivity contribution in [1.29, 1.82) is 0 Å². The van der Waals surface area contributed by atoms with E-state index in [1.807, 2.05) is 12.4 Å². The maximum atomic E-state index is 10.8. The maximum Gasteiger partial charge on any atom is 0.345 e. The van der Waals surface area contributed by atoms with Crippen LogP contribution in [0, 0.1) is 5.92 Å². The van der Waals surface area contributed by atoms with Gasteiger partial charge in [0.1, 0.15) is 4.88 Å². The molecule has 17 heavy (non-hydrogen) atoms. The molecule has 0 aliphatic carbocycles. The molecule has 1 fully saturated rings. The molecule has 1 aromatic heterocycles. The fraction of sp³-hybridized carbons (Fsp3) is 0.583. The summed E-state index contributed by atoms with van der Waals surface area (Å²) in [5.74, 6) is -0.192. The lowest BCUT2D eigenvalue weighted by Gasteiger charge is -2.27. The van der Waals surface area contributed by atoms with Crippen molar-refractivity contribution in [2.45, 2.75) is 12.8 Å². The van der Waals surface area contributed by atoms with Gasteiger partial charge in [-0.1, -0.05) is 0 Å². The predicted molar refractivity (Wildman–Crippen MR) is 68.1 cm³/mol. The minimum atomic E-state index is -0.847. The van der Waals surface area contributed by atoms with Crippen LogP contribution >= 0.6 is 11.3 Å². The Morgan fingerprint density at radius 2 is 2.29 bits per heavy atom. The molecule has 5 heteroatoms. The third-order valence-electron chi connectivity index (χ3n) is 3.11. The van der Waals surface area contributed by atoms with Crippen LogP contribution in [0.25, 0.3) is 0 Å². The van der Waals surface area contributed by atoms with Crippen molar-refractivity contribution in [1.82, 2.24) is 0 Å². The van der Waals surface area contributed by atoms with Crippen LogP contribution in [0.1, 0.15) is 22.5 Å². The normalized spacial score (nSPS) is 17.0.